The Balaban J connectivity index is 1.63. The van der Waals surface area contributed by atoms with E-state index in [2.05, 4.69) is 18.2 Å². The lowest BCUT2D eigenvalue weighted by Gasteiger charge is -2.31. The van der Waals surface area contributed by atoms with Crippen LogP contribution in [0.5, 0.6) is 0 Å². The fourth-order valence-corrected chi connectivity index (χ4v) is 5.84. The number of rotatable bonds is 3. The molecule has 0 heterocycles. The lowest BCUT2D eigenvalue weighted by atomic mass is 9.74. The van der Waals surface area contributed by atoms with Gasteiger partial charge in [0.2, 0.25) is 0 Å². The van der Waals surface area contributed by atoms with Crippen molar-refractivity contribution in [1.82, 2.24) is 0 Å². The summed E-state index contributed by atoms with van der Waals surface area (Å²) in [7, 11) is 0. The maximum atomic E-state index is 2.70. The summed E-state index contributed by atoms with van der Waals surface area (Å²) in [6.07, 6.45) is 21.8. The molecule has 3 fully saturated rings. The summed E-state index contributed by atoms with van der Waals surface area (Å²) in [4.78, 5) is 0. The van der Waals surface area contributed by atoms with Gasteiger partial charge in [-0.2, -0.15) is 0 Å². The molecule has 0 nitrogen and oxygen atoms in total. The van der Waals surface area contributed by atoms with Crippen LogP contribution in [0.15, 0.2) is 18.2 Å². The van der Waals surface area contributed by atoms with Crippen LogP contribution in [-0.4, -0.2) is 0 Å². The summed E-state index contributed by atoms with van der Waals surface area (Å²) in [6, 6.07) is 7.83. The lowest BCUT2D eigenvalue weighted by Crippen LogP contribution is -2.14. The van der Waals surface area contributed by atoms with Gasteiger partial charge in [0, 0.05) is 0 Å². The van der Waals surface area contributed by atoms with Crippen LogP contribution in [0.25, 0.3) is 0 Å². The predicted molar refractivity (Wildman–Crippen MR) is 104 cm³/mol. The molecular weight excluding hydrogens is 288 g/mol. The molecule has 0 radical (unpaired) electrons. The number of hydrogen-bond acceptors (Lipinski definition) is 0. The molecule has 1 aromatic rings. The SMILES string of the molecule is c1cc(C2CCCCC2)c(C2CCCCC2)cc1C1CCCCC1. The first-order chi connectivity index (χ1) is 11.9. The number of benzene rings is 1. The molecular formula is C24H36. The van der Waals surface area contributed by atoms with Crippen LogP contribution in [0.4, 0.5) is 0 Å². The van der Waals surface area contributed by atoms with Crippen molar-refractivity contribution in [3.05, 3.63) is 34.9 Å². The monoisotopic (exact) mass is 324 g/mol. The molecule has 0 bridgehead atoms. The third-order valence-corrected chi connectivity index (χ3v) is 7.28. The molecule has 0 amide bonds. The van der Waals surface area contributed by atoms with Crippen molar-refractivity contribution in [3.8, 4) is 0 Å². The van der Waals surface area contributed by atoms with Crippen molar-refractivity contribution in [2.75, 3.05) is 0 Å². The molecule has 0 saturated heterocycles. The Labute approximate surface area is 149 Å². The van der Waals surface area contributed by atoms with E-state index in [0.717, 1.165) is 17.8 Å². The normalized spacial score (nSPS) is 25.0. The summed E-state index contributed by atoms with van der Waals surface area (Å²) in [5.41, 5.74) is 5.25. The second kappa shape index (κ2) is 8.07. The smallest absolute Gasteiger partial charge is 0.0159 e. The van der Waals surface area contributed by atoms with E-state index in [4.69, 9.17) is 0 Å². The van der Waals surface area contributed by atoms with Gasteiger partial charge >= 0.3 is 0 Å². The summed E-state index contributed by atoms with van der Waals surface area (Å²) in [6.45, 7) is 0. The molecule has 132 valence electrons. The van der Waals surface area contributed by atoms with Gasteiger partial charge in [0.15, 0.2) is 0 Å². The average molecular weight is 325 g/mol. The maximum Gasteiger partial charge on any atom is -0.0159 e. The van der Waals surface area contributed by atoms with E-state index < -0.39 is 0 Å². The topological polar surface area (TPSA) is 0 Å². The van der Waals surface area contributed by atoms with Crippen LogP contribution in [-0.2, 0) is 0 Å². The third-order valence-electron chi connectivity index (χ3n) is 7.28. The van der Waals surface area contributed by atoms with E-state index >= 15 is 0 Å². The lowest BCUT2D eigenvalue weighted by molar-refractivity contribution is 0.416. The molecule has 0 atom stereocenters. The third kappa shape index (κ3) is 3.73. The quantitative estimate of drug-likeness (QED) is 0.531. The summed E-state index contributed by atoms with van der Waals surface area (Å²) >= 11 is 0. The predicted octanol–water partition coefficient (Wildman–Crippen LogP) is 7.83. The molecule has 24 heavy (non-hydrogen) atoms. The molecule has 0 N–H and O–H groups in total. The van der Waals surface area contributed by atoms with Gasteiger partial charge in [-0.1, -0.05) is 76.0 Å². The summed E-state index contributed by atoms with van der Waals surface area (Å²) < 4.78 is 0. The van der Waals surface area contributed by atoms with Gasteiger partial charge < -0.3 is 0 Å². The van der Waals surface area contributed by atoms with Gasteiger partial charge in [-0.3, -0.25) is 0 Å². The van der Waals surface area contributed by atoms with Crippen LogP contribution in [0.1, 0.15) is 131 Å². The van der Waals surface area contributed by atoms with Gasteiger partial charge in [-0.15, -0.1) is 0 Å². The van der Waals surface area contributed by atoms with Crippen molar-refractivity contribution in [2.45, 2.75) is 114 Å². The van der Waals surface area contributed by atoms with Crippen LogP contribution in [0.3, 0.4) is 0 Å². The second-order valence-corrected chi connectivity index (χ2v) is 8.89. The highest BCUT2D eigenvalue weighted by molar-refractivity contribution is 5.39. The Bertz CT molecular complexity index is 511. The van der Waals surface area contributed by atoms with Crippen LogP contribution < -0.4 is 0 Å². The first-order valence-corrected chi connectivity index (χ1v) is 11.1. The molecule has 0 aromatic heterocycles. The van der Waals surface area contributed by atoms with Crippen LogP contribution >= 0.6 is 0 Å². The van der Waals surface area contributed by atoms with Crippen LogP contribution in [0, 0.1) is 0 Å². The summed E-state index contributed by atoms with van der Waals surface area (Å²) in [5, 5.41) is 0. The first-order valence-electron chi connectivity index (χ1n) is 11.1. The van der Waals surface area contributed by atoms with Crippen LogP contribution in [0.2, 0.25) is 0 Å². The van der Waals surface area contributed by atoms with E-state index in [-0.39, 0.29) is 0 Å². The van der Waals surface area contributed by atoms with Gasteiger partial charge in [0.05, 0.1) is 0 Å². The first kappa shape index (κ1) is 16.7. The van der Waals surface area contributed by atoms with Crippen molar-refractivity contribution >= 4 is 0 Å². The maximum absolute atomic E-state index is 2.70. The minimum atomic E-state index is 0.862. The van der Waals surface area contributed by atoms with Crippen molar-refractivity contribution in [3.63, 3.8) is 0 Å². The Morgan fingerprint density at radius 3 is 1.46 bits per heavy atom. The zero-order chi connectivity index (χ0) is 16.2. The molecule has 0 spiro atoms. The fraction of sp³-hybridized carbons (Fsp3) is 0.750. The highest BCUT2D eigenvalue weighted by Gasteiger charge is 2.25. The van der Waals surface area contributed by atoms with Crippen molar-refractivity contribution in [1.29, 1.82) is 0 Å². The minimum Gasteiger partial charge on any atom is -0.0585 e. The Morgan fingerprint density at radius 2 is 0.917 bits per heavy atom. The molecule has 3 aliphatic carbocycles. The Kier molecular flexibility index (Phi) is 5.60. The van der Waals surface area contributed by atoms with E-state index in [9.17, 15) is 0 Å². The van der Waals surface area contributed by atoms with Gasteiger partial charge in [-0.25, -0.2) is 0 Å². The van der Waals surface area contributed by atoms with Crippen molar-refractivity contribution in [2.24, 2.45) is 0 Å². The van der Waals surface area contributed by atoms with Crippen molar-refractivity contribution < 1.29 is 0 Å². The summed E-state index contributed by atoms with van der Waals surface area (Å²) in [5.74, 6) is 2.61. The van der Waals surface area contributed by atoms with Gasteiger partial charge in [0.1, 0.15) is 0 Å². The van der Waals surface area contributed by atoms with Gasteiger partial charge in [-0.05, 0) is 73.0 Å². The fourth-order valence-electron chi connectivity index (χ4n) is 5.84. The van der Waals surface area contributed by atoms with E-state index in [0.29, 0.717) is 0 Å². The number of hydrogen-bond donors (Lipinski definition) is 0. The Hall–Kier alpha value is -0.780. The molecule has 0 heteroatoms. The highest BCUT2D eigenvalue weighted by atomic mass is 14.3. The van der Waals surface area contributed by atoms with Gasteiger partial charge in [0.25, 0.3) is 0 Å². The molecule has 1 aromatic carbocycles. The standard InChI is InChI=1S/C24H36/c1-4-10-19(11-5-1)22-16-17-23(20-12-6-2-7-13-20)24(18-22)21-14-8-3-9-15-21/h16-21H,1-15H2. The second-order valence-electron chi connectivity index (χ2n) is 8.89. The highest BCUT2D eigenvalue weighted by Crippen LogP contribution is 2.43. The zero-order valence-corrected chi connectivity index (χ0v) is 15.6. The Morgan fingerprint density at radius 1 is 0.458 bits per heavy atom. The average Bonchev–Trinajstić information content (AvgIpc) is 2.69. The van der Waals surface area contributed by atoms with E-state index in [1.807, 2.05) is 0 Å². The molecule has 3 saturated carbocycles. The largest absolute Gasteiger partial charge is 0.0585 e. The molecule has 3 aliphatic rings. The minimum absolute atomic E-state index is 0.862. The van der Waals surface area contributed by atoms with E-state index in [1.165, 1.54) is 96.3 Å². The molecule has 0 unspecified atom stereocenters. The molecule has 0 aliphatic heterocycles. The molecule has 4 rings (SSSR count). The zero-order valence-electron chi connectivity index (χ0n) is 15.6. The van der Waals surface area contributed by atoms with E-state index in [1.54, 1.807) is 16.7 Å².